The molecule has 6 nitrogen and oxygen atoms in total. The molecule has 1 rings (SSSR count). The first-order valence-corrected chi connectivity index (χ1v) is 7.16. The van der Waals surface area contributed by atoms with Crippen LogP contribution in [0.15, 0.2) is 24.3 Å². The monoisotopic (exact) mass is 348 g/mol. The Balaban J connectivity index is 2.61. The molecule has 1 unspecified atom stereocenters. The van der Waals surface area contributed by atoms with Crippen LogP contribution in [-0.2, 0) is 20.5 Å². The van der Waals surface area contributed by atoms with Crippen LogP contribution in [0.2, 0.25) is 0 Å². The fraction of sp³-hybridized carbons (Fsp3) is 0.467. The molecule has 0 bridgehead atoms. The summed E-state index contributed by atoms with van der Waals surface area (Å²) in [7, 11) is 1.51. The Hall–Kier alpha value is -2.13. The molecule has 1 aromatic rings. The third-order valence-electron chi connectivity index (χ3n) is 3.08. The summed E-state index contributed by atoms with van der Waals surface area (Å²) in [4.78, 5) is 23.0. The van der Waals surface area contributed by atoms with Crippen LogP contribution in [0.3, 0.4) is 0 Å². The molecule has 0 aromatic heterocycles. The lowest BCUT2D eigenvalue weighted by Gasteiger charge is -2.15. The molecule has 9 heteroatoms. The average Bonchev–Trinajstić information content (AvgIpc) is 2.49. The molecule has 0 saturated carbocycles. The lowest BCUT2D eigenvalue weighted by Crippen LogP contribution is -2.40. The van der Waals surface area contributed by atoms with E-state index in [4.69, 9.17) is 9.84 Å². The van der Waals surface area contributed by atoms with Crippen molar-refractivity contribution in [1.29, 1.82) is 0 Å². The van der Waals surface area contributed by atoms with Gasteiger partial charge in [0.25, 0.3) is 0 Å². The van der Waals surface area contributed by atoms with Gasteiger partial charge in [0.15, 0.2) is 0 Å². The Morgan fingerprint density at radius 2 is 2.04 bits per heavy atom. The zero-order valence-corrected chi connectivity index (χ0v) is 13.0. The number of benzene rings is 1. The molecule has 0 fully saturated rings. The maximum Gasteiger partial charge on any atom is 0.416 e. The van der Waals surface area contributed by atoms with Crippen molar-refractivity contribution in [2.75, 3.05) is 25.6 Å². The predicted octanol–water partition coefficient (Wildman–Crippen LogP) is 2.11. The summed E-state index contributed by atoms with van der Waals surface area (Å²) >= 11 is 0. The fourth-order valence-electron chi connectivity index (χ4n) is 1.91. The second-order valence-electron chi connectivity index (χ2n) is 5.02. The number of hydrogen-bond donors (Lipinski definition) is 3. The molecule has 0 saturated heterocycles. The number of rotatable bonds is 9. The zero-order chi connectivity index (χ0) is 18.2. The van der Waals surface area contributed by atoms with Gasteiger partial charge in [-0.2, -0.15) is 13.2 Å². The number of carboxylic acids is 1. The van der Waals surface area contributed by atoms with Crippen LogP contribution >= 0.6 is 0 Å². The quantitative estimate of drug-likeness (QED) is 0.595. The summed E-state index contributed by atoms with van der Waals surface area (Å²) < 4.78 is 42.7. The van der Waals surface area contributed by atoms with E-state index >= 15 is 0 Å². The molecule has 1 amide bonds. The Morgan fingerprint density at radius 1 is 1.33 bits per heavy atom. The summed E-state index contributed by atoms with van der Waals surface area (Å²) in [5.41, 5.74) is -0.939. The number of carboxylic acid groups (broad SMARTS) is 1. The normalized spacial score (nSPS) is 12.7. The molecule has 3 N–H and O–H groups in total. The van der Waals surface area contributed by atoms with Gasteiger partial charge in [-0.3, -0.25) is 9.59 Å². The van der Waals surface area contributed by atoms with Gasteiger partial charge in [-0.25, -0.2) is 0 Å². The molecule has 0 aliphatic rings. The zero-order valence-electron chi connectivity index (χ0n) is 13.0. The van der Waals surface area contributed by atoms with Gasteiger partial charge in [0, 0.05) is 19.4 Å². The molecule has 24 heavy (non-hydrogen) atoms. The minimum Gasteiger partial charge on any atom is -0.480 e. The summed E-state index contributed by atoms with van der Waals surface area (Å²) in [6.45, 7) is 0.775. The molecule has 0 aliphatic heterocycles. The number of anilines is 1. The summed E-state index contributed by atoms with van der Waals surface area (Å²) in [5.74, 6) is -1.91. The topological polar surface area (TPSA) is 87.7 Å². The second-order valence-corrected chi connectivity index (χ2v) is 5.02. The number of ether oxygens (including phenoxy) is 1. The lowest BCUT2D eigenvalue weighted by atomic mass is 10.1. The standard InChI is InChI=1S/C15H19F3N2O4/c1-24-7-3-6-19-12(14(22)23)9-13(21)20-11-5-2-4-10(8-11)15(16,17)18/h2,4-5,8,12,19H,3,6-7,9H2,1H3,(H,20,21)(H,22,23). The van der Waals surface area contributed by atoms with Gasteiger partial charge in [0.2, 0.25) is 5.91 Å². The van der Waals surface area contributed by atoms with Crippen LogP contribution in [0.25, 0.3) is 0 Å². The first-order chi connectivity index (χ1) is 11.2. The van der Waals surface area contributed by atoms with Gasteiger partial charge in [-0.05, 0) is 31.2 Å². The van der Waals surface area contributed by atoms with Gasteiger partial charge < -0.3 is 20.5 Å². The van der Waals surface area contributed by atoms with E-state index in [1.54, 1.807) is 0 Å². The van der Waals surface area contributed by atoms with E-state index in [1.807, 2.05) is 0 Å². The highest BCUT2D eigenvalue weighted by molar-refractivity contribution is 5.94. The van der Waals surface area contributed by atoms with E-state index in [2.05, 4.69) is 10.6 Å². The number of hydrogen-bond acceptors (Lipinski definition) is 4. The van der Waals surface area contributed by atoms with Crippen LogP contribution in [0.4, 0.5) is 18.9 Å². The van der Waals surface area contributed by atoms with Crippen molar-refractivity contribution in [1.82, 2.24) is 5.32 Å². The molecular weight excluding hydrogens is 329 g/mol. The largest absolute Gasteiger partial charge is 0.480 e. The second kappa shape index (κ2) is 9.24. The highest BCUT2D eigenvalue weighted by atomic mass is 19.4. The Kier molecular flexibility index (Phi) is 7.66. The first kappa shape index (κ1) is 19.9. The fourth-order valence-corrected chi connectivity index (χ4v) is 1.91. The molecule has 1 aromatic carbocycles. The molecule has 0 heterocycles. The average molecular weight is 348 g/mol. The number of alkyl halides is 3. The molecule has 0 spiro atoms. The first-order valence-electron chi connectivity index (χ1n) is 7.16. The number of nitrogens with one attached hydrogen (secondary N) is 2. The van der Waals surface area contributed by atoms with Crippen molar-refractivity contribution >= 4 is 17.6 Å². The number of halogens is 3. The van der Waals surface area contributed by atoms with E-state index in [9.17, 15) is 22.8 Å². The Morgan fingerprint density at radius 3 is 2.62 bits per heavy atom. The highest BCUT2D eigenvalue weighted by Gasteiger charge is 2.30. The van der Waals surface area contributed by atoms with Crippen LogP contribution in [0.1, 0.15) is 18.4 Å². The van der Waals surface area contributed by atoms with Gasteiger partial charge in [0.1, 0.15) is 6.04 Å². The number of methoxy groups -OCH3 is 1. The molecule has 0 radical (unpaired) electrons. The summed E-state index contributed by atoms with van der Waals surface area (Å²) in [6.07, 6.45) is -4.36. The van der Waals surface area contributed by atoms with Crippen LogP contribution in [0, 0.1) is 0 Å². The van der Waals surface area contributed by atoms with Crippen molar-refractivity contribution in [2.24, 2.45) is 0 Å². The maximum atomic E-state index is 12.6. The van der Waals surface area contributed by atoms with Crippen LogP contribution in [-0.4, -0.2) is 43.3 Å². The molecule has 1 atom stereocenters. The van der Waals surface area contributed by atoms with E-state index in [-0.39, 0.29) is 5.69 Å². The van der Waals surface area contributed by atoms with Crippen molar-refractivity contribution < 1.29 is 32.6 Å². The highest BCUT2D eigenvalue weighted by Crippen LogP contribution is 2.30. The minimum absolute atomic E-state index is 0.0432. The number of carbonyl (C=O) groups excluding carboxylic acids is 1. The minimum atomic E-state index is -4.52. The predicted molar refractivity (Wildman–Crippen MR) is 80.6 cm³/mol. The van der Waals surface area contributed by atoms with E-state index in [1.165, 1.54) is 13.2 Å². The SMILES string of the molecule is COCCCNC(CC(=O)Nc1cccc(C(F)(F)F)c1)C(=O)O. The maximum absolute atomic E-state index is 12.6. The number of aliphatic carboxylic acids is 1. The summed E-state index contributed by atoms with van der Waals surface area (Å²) in [6, 6.07) is 3.00. The summed E-state index contributed by atoms with van der Waals surface area (Å²) in [5, 5.41) is 14.0. The van der Waals surface area contributed by atoms with Crippen LogP contribution < -0.4 is 10.6 Å². The van der Waals surface area contributed by atoms with Crippen LogP contribution in [0.5, 0.6) is 0 Å². The molecule has 0 aliphatic carbocycles. The third kappa shape index (κ3) is 6.97. The number of amides is 1. The van der Waals surface area contributed by atoms with Crippen molar-refractivity contribution in [3.63, 3.8) is 0 Å². The van der Waals surface area contributed by atoms with E-state index in [0.717, 1.165) is 18.2 Å². The Labute approximate surface area is 137 Å². The molecular formula is C15H19F3N2O4. The molecule has 134 valence electrons. The van der Waals surface area contributed by atoms with Gasteiger partial charge in [0.05, 0.1) is 12.0 Å². The Bertz CT molecular complexity index is 564. The van der Waals surface area contributed by atoms with Gasteiger partial charge in [-0.1, -0.05) is 6.07 Å². The van der Waals surface area contributed by atoms with E-state index in [0.29, 0.717) is 19.6 Å². The van der Waals surface area contributed by atoms with E-state index < -0.39 is 36.1 Å². The smallest absolute Gasteiger partial charge is 0.416 e. The van der Waals surface area contributed by atoms with Crippen molar-refractivity contribution in [3.8, 4) is 0 Å². The third-order valence-corrected chi connectivity index (χ3v) is 3.08. The number of carbonyl (C=O) groups is 2. The van der Waals surface area contributed by atoms with Gasteiger partial charge >= 0.3 is 12.1 Å². The van der Waals surface area contributed by atoms with Crippen molar-refractivity contribution in [2.45, 2.75) is 25.1 Å². The van der Waals surface area contributed by atoms with Gasteiger partial charge in [-0.15, -0.1) is 0 Å². The lowest BCUT2D eigenvalue weighted by molar-refractivity contribution is -0.141. The van der Waals surface area contributed by atoms with Crippen molar-refractivity contribution in [3.05, 3.63) is 29.8 Å².